The number of nitrogens with one attached hydrogen (secondary N) is 2. The molecule has 1 amide bonds. The highest BCUT2D eigenvalue weighted by molar-refractivity contribution is 7.99. The molecule has 0 saturated carbocycles. The summed E-state index contributed by atoms with van der Waals surface area (Å²) in [6.07, 6.45) is 2.30. The Morgan fingerprint density at radius 2 is 1.94 bits per heavy atom. The number of fused-ring (bicyclic) bond motifs is 2. The Morgan fingerprint density at radius 3 is 2.78 bits per heavy atom. The van der Waals surface area contributed by atoms with Gasteiger partial charge in [0.15, 0.2) is 22.3 Å². The number of anilines is 1. The van der Waals surface area contributed by atoms with Crippen LogP contribution >= 0.6 is 11.8 Å². The quantitative estimate of drug-likeness (QED) is 0.356. The second-order valence-corrected chi connectivity index (χ2v) is 8.01. The van der Waals surface area contributed by atoms with Crippen LogP contribution in [0.15, 0.2) is 64.7 Å². The molecule has 0 aliphatic carbocycles. The van der Waals surface area contributed by atoms with E-state index in [2.05, 4.69) is 20.4 Å². The van der Waals surface area contributed by atoms with Crippen molar-refractivity contribution in [3.63, 3.8) is 0 Å². The lowest BCUT2D eigenvalue weighted by molar-refractivity contribution is -0.113. The van der Waals surface area contributed by atoms with Gasteiger partial charge in [-0.2, -0.15) is 5.10 Å². The Balaban J connectivity index is 1.30. The van der Waals surface area contributed by atoms with E-state index in [9.17, 15) is 9.59 Å². The first-order chi connectivity index (χ1) is 15.7. The number of para-hydroxylation sites is 1. The van der Waals surface area contributed by atoms with Crippen LogP contribution in [-0.2, 0) is 4.79 Å². The molecular formula is C22H19N5O4S. The molecule has 0 bridgehead atoms. The predicted molar refractivity (Wildman–Crippen MR) is 121 cm³/mol. The van der Waals surface area contributed by atoms with Crippen molar-refractivity contribution < 1.29 is 14.3 Å². The van der Waals surface area contributed by atoms with Crippen LogP contribution in [0.25, 0.3) is 16.7 Å². The largest absolute Gasteiger partial charge is 0.490 e. The lowest BCUT2D eigenvalue weighted by atomic mass is 10.2. The molecule has 3 heterocycles. The molecule has 9 nitrogen and oxygen atoms in total. The molecule has 2 aromatic carbocycles. The van der Waals surface area contributed by atoms with E-state index in [1.807, 2.05) is 30.3 Å². The minimum Gasteiger partial charge on any atom is -0.490 e. The van der Waals surface area contributed by atoms with E-state index in [0.29, 0.717) is 46.6 Å². The SMILES string of the molecule is O=C(CSc1nc2c(cnn2-c2ccccc2)c(=O)[nH]1)Nc1ccc2c(c1)OCCCO2. The molecule has 10 heteroatoms. The fourth-order valence-electron chi connectivity index (χ4n) is 3.30. The van der Waals surface area contributed by atoms with Crippen molar-refractivity contribution >= 4 is 34.4 Å². The van der Waals surface area contributed by atoms with Gasteiger partial charge in [-0.15, -0.1) is 0 Å². The Labute approximate surface area is 186 Å². The van der Waals surface area contributed by atoms with E-state index in [1.54, 1.807) is 22.9 Å². The van der Waals surface area contributed by atoms with Gasteiger partial charge < -0.3 is 19.8 Å². The summed E-state index contributed by atoms with van der Waals surface area (Å²) in [7, 11) is 0. The van der Waals surface area contributed by atoms with E-state index >= 15 is 0 Å². The number of hydrogen-bond donors (Lipinski definition) is 2. The normalized spacial score (nSPS) is 13.0. The monoisotopic (exact) mass is 449 g/mol. The maximum Gasteiger partial charge on any atom is 0.262 e. The number of amides is 1. The van der Waals surface area contributed by atoms with Gasteiger partial charge in [-0.1, -0.05) is 30.0 Å². The van der Waals surface area contributed by atoms with Crippen LogP contribution < -0.4 is 20.3 Å². The van der Waals surface area contributed by atoms with Crippen molar-refractivity contribution in [1.82, 2.24) is 19.7 Å². The van der Waals surface area contributed by atoms with Crippen LogP contribution in [0.5, 0.6) is 11.5 Å². The summed E-state index contributed by atoms with van der Waals surface area (Å²) in [6, 6.07) is 14.7. The molecule has 0 unspecified atom stereocenters. The predicted octanol–water partition coefficient (Wildman–Crippen LogP) is 3.00. The number of benzene rings is 2. The van der Waals surface area contributed by atoms with Gasteiger partial charge in [-0.05, 0) is 24.3 Å². The second-order valence-electron chi connectivity index (χ2n) is 7.05. The molecule has 2 N–H and O–H groups in total. The first-order valence-electron chi connectivity index (χ1n) is 10.0. The Kier molecular flexibility index (Phi) is 5.51. The fourth-order valence-corrected chi connectivity index (χ4v) is 3.95. The molecule has 0 saturated heterocycles. The van der Waals surface area contributed by atoms with Crippen LogP contribution in [0.4, 0.5) is 5.69 Å². The number of hydrogen-bond acceptors (Lipinski definition) is 7. The Morgan fingerprint density at radius 1 is 1.12 bits per heavy atom. The molecule has 0 radical (unpaired) electrons. The van der Waals surface area contributed by atoms with Crippen molar-refractivity contribution in [1.29, 1.82) is 0 Å². The highest BCUT2D eigenvalue weighted by Gasteiger charge is 2.14. The van der Waals surface area contributed by atoms with Crippen LogP contribution in [0.1, 0.15) is 6.42 Å². The molecule has 32 heavy (non-hydrogen) atoms. The number of H-pyrrole nitrogens is 1. The molecule has 1 aliphatic heterocycles. The van der Waals surface area contributed by atoms with Gasteiger partial charge in [0, 0.05) is 18.2 Å². The zero-order valence-electron chi connectivity index (χ0n) is 16.9. The molecule has 4 aromatic rings. The van der Waals surface area contributed by atoms with Crippen molar-refractivity contribution in [2.75, 3.05) is 24.3 Å². The maximum absolute atomic E-state index is 12.5. The minimum absolute atomic E-state index is 0.0718. The highest BCUT2D eigenvalue weighted by Crippen LogP contribution is 2.32. The Bertz CT molecular complexity index is 1340. The zero-order valence-corrected chi connectivity index (χ0v) is 17.7. The molecule has 2 aromatic heterocycles. The highest BCUT2D eigenvalue weighted by atomic mass is 32.2. The van der Waals surface area contributed by atoms with Gasteiger partial charge in [-0.25, -0.2) is 9.67 Å². The summed E-state index contributed by atoms with van der Waals surface area (Å²) in [5.41, 5.74) is 1.54. The van der Waals surface area contributed by atoms with E-state index in [1.165, 1.54) is 6.20 Å². The lowest BCUT2D eigenvalue weighted by Gasteiger charge is -2.10. The summed E-state index contributed by atoms with van der Waals surface area (Å²) in [6.45, 7) is 1.18. The molecular weight excluding hydrogens is 430 g/mol. The van der Waals surface area contributed by atoms with Gasteiger partial charge in [0.25, 0.3) is 5.56 Å². The van der Waals surface area contributed by atoms with E-state index in [-0.39, 0.29) is 17.2 Å². The Hall–Kier alpha value is -3.79. The molecule has 162 valence electrons. The summed E-state index contributed by atoms with van der Waals surface area (Å²) in [5.74, 6) is 1.12. The minimum atomic E-state index is -0.303. The average molecular weight is 449 g/mol. The number of carbonyl (C=O) groups is 1. The number of aromatic amines is 1. The van der Waals surface area contributed by atoms with Crippen LogP contribution in [0.3, 0.4) is 0 Å². The maximum atomic E-state index is 12.5. The molecule has 0 atom stereocenters. The first-order valence-corrected chi connectivity index (χ1v) is 11.0. The van der Waals surface area contributed by atoms with Crippen molar-refractivity contribution in [2.45, 2.75) is 11.6 Å². The van der Waals surface area contributed by atoms with Crippen molar-refractivity contribution in [2.24, 2.45) is 0 Å². The third kappa shape index (κ3) is 4.17. The van der Waals surface area contributed by atoms with Crippen molar-refractivity contribution in [3.8, 4) is 17.2 Å². The van der Waals surface area contributed by atoms with Gasteiger partial charge >= 0.3 is 0 Å². The van der Waals surface area contributed by atoms with E-state index in [0.717, 1.165) is 23.9 Å². The molecule has 5 rings (SSSR count). The third-order valence-corrected chi connectivity index (χ3v) is 5.66. The second kappa shape index (κ2) is 8.75. The van der Waals surface area contributed by atoms with Crippen LogP contribution in [-0.4, -0.2) is 44.6 Å². The third-order valence-electron chi connectivity index (χ3n) is 4.79. The first kappa shape index (κ1) is 20.1. The number of ether oxygens (including phenoxy) is 2. The number of nitrogens with zero attached hydrogens (tertiary/aromatic N) is 3. The number of thioether (sulfide) groups is 1. The number of aromatic nitrogens is 4. The number of rotatable bonds is 5. The number of carbonyl (C=O) groups excluding carboxylic acids is 1. The average Bonchev–Trinajstić information content (AvgIpc) is 3.10. The summed E-state index contributed by atoms with van der Waals surface area (Å²) < 4.78 is 12.9. The summed E-state index contributed by atoms with van der Waals surface area (Å²) in [4.78, 5) is 32.1. The van der Waals surface area contributed by atoms with Crippen LogP contribution in [0, 0.1) is 0 Å². The topological polar surface area (TPSA) is 111 Å². The summed E-state index contributed by atoms with van der Waals surface area (Å²) >= 11 is 1.14. The van der Waals surface area contributed by atoms with Crippen molar-refractivity contribution in [3.05, 3.63) is 65.1 Å². The van der Waals surface area contributed by atoms with Gasteiger partial charge in [0.05, 0.1) is 30.9 Å². The van der Waals surface area contributed by atoms with Gasteiger partial charge in [0.1, 0.15) is 5.39 Å². The molecule has 0 fully saturated rings. The smallest absolute Gasteiger partial charge is 0.262 e. The molecule has 0 spiro atoms. The van der Waals surface area contributed by atoms with Gasteiger partial charge in [0.2, 0.25) is 5.91 Å². The van der Waals surface area contributed by atoms with Gasteiger partial charge in [-0.3, -0.25) is 9.59 Å². The standard InChI is InChI=1S/C22H19N5O4S/c28-19(24-14-7-8-17-18(11-14)31-10-4-9-30-17)13-32-22-25-20-16(21(29)26-22)12-23-27(20)15-5-2-1-3-6-15/h1-3,5-8,11-12H,4,9-10,13H2,(H,24,28)(H,25,26,29). The fraction of sp³-hybridized carbons (Fsp3) is 0.182. The molecule has 1 aliphatic rings. The van der Waals surface area contributed by atoms with E-state index in [4.69, 9.17) is 9.47 Å². The lowest BCUT2D eigenvalue weighted by Crippen LogP contribution is -2.15. The van der Waals surface area contributed by atoms with E-state index < -0.39 is 0 Å². The zero-order chi connectivity index (χ0) is 21.9. The summed E-state index contributed by atoms with van der Waals surface area (Å²) in [5, 5.41) is 7.84. The van der Waals surface area contributed by atoms with Crippen LogP contribution in [0.2, 0.25) is 0 Å².